The van der Waals surface area contributed by atoms with Gasteiger partial charge in [-0.05, 0) is 31.4 Å². The van der Waals surface area contributed by atoms with E-state index < -0.39 is 29.1 Å². The third kappa shape index (κ3) is 2.56. The number of fused-ring (bicyclic) bond motifs is 3. The van der Waals surface area contributed by atoms with E-state index in [0.717, 1.165) is 12.1 Å². The maximum absolute atomic E-state index is 14.8. The van der Waals surface area contributed by atoms with E-state index in [1.54, 1.807) is 4.90 Å². The summed E-state index contributed by atoms with van der Waals surface area (Å²) in [4.78, 5) is 27.3. The van der Waals surface area contributed by atoms with Crippen LogP contribution in [0.4, 0.5) is 8.78 Å². The molecule has 0 radical (unpaired) electrons. The quantitative estimate of drug-likeness (QED) is 0.771. The van der Waals surface area contributed by atoms with Gasteiger partial charge < -0.3 is 14.4 Å². The lowest BCUT2D eigenvalue weighted by molar-refractivity contribution is -0.160. The van der Waals surface area contributed by atoms with Gasteiger partial charge in [0, 0.05) is 12.5 Å². The van der Waals surface area contributed by atoms with Gasteiger partial charge in [0.1, 0.15) is 17.8 Å². The number of carbonyl (C=O) groups is 2. The molecule has 1 aromatic carbocycles. The highest BCUT2D eigenvalue weighted by atomic mass is 19.1. The van der Waals surface area contributed by atoms with Crippen LogP contribution in [0.5, 0.6) is 5.75 Å². The predicted octanol–water partition coefficient (Wildman–Crippen LogP) is 2.81. The Morgan fingerprint density at radius 2 is 2.08 bits per heavy atom. The van der Waals surface area contributed by atoms with Gasteiger partial charge in [-0.15, -0.1) is 0 Å². The predicted molar refractivity (Wildman–Crippen MR) is 89.7 cm³/mol. The molecule has 1 aromatic rings. The molecule has 2 aliphatic heterocycles. The fourth-order valence-electron chi connectivity index (χ4n) is 4.14. The maximum Gasteiger partial charge on any atom is 0.318 e. The van der Waals surface area contributed by atoms with Crippen LogP contribution < -0.4 is 4.74 Å². The van der Waals surface area contributed by atoms with Crippen LogP contribution in [0.3, 0.4) is 0 Å². The Morgan fingerprint density at radius 3 is 2.73 bits per heavy atom. The molecular formula is C19H23F2NO4. The Hall–Kier alpha value is -2.18. The molecule has 26 heavy (non-hydrogen) atoms. The normalized spacial score (nSPS) is 25.6. The van der Waals surface area contributed by atoms with Crippen LogP contribution in [0.1, 0.15) is 38.7 Å². The second-order valence-corrected chi connectivity index (χ2v) is 6.97. The Kier molecular flexibility index (Phi) is 4.90. The van der Waals surface area contributed by atoms with E-state index in [2.05, 4.69) is 0 Å². The van der Waals surface area contributed by atoms with Gasteiger partial charge in [-0.3, -0.25) is 9.59 Å². The van der Waals surface area contributed by atoms with E-state index in [1.165, 1.54) is 7.11 Å². The van der Waals surface area contributed by atoms with Crippen molar-refractivity contribution in [2.24, 2.45) is 5.92 Å². The number of halogens is 2. The summed E-state index contributed by atoms with van der Waals surface area (Å²) >= 11 is 0. The summed E-state index contributed by atoms with van der Waals surface area (Å²) in [7, 11) is 1.22. The molecule has 7 heteroatoms. The van der Waals surface area contributed by atoms with Crippen LogP contribution in [-0.2, 0) is 19.7 Å². The van der Waals surface area contributed by atoms with Crippen molar-refractivity contribution in [1.29, 1.82) is 0 Å². The number of hydrogen-bond donors (Lipinski definition) is 0. The number of carbonyl (C=O) groups excluding carboxylic acids is 2. The van der Waals surface area contributed by atoms with Crippen molar-refractivity contribution >= 4 is 11.9 Å². The van der Waals surface area contributed by atoms with Crippen LogP contribution in [0, 0.1) is 17.6 Å². The summed E-state index contributed by atoms with van der Waals surface area (Å²) in [5, 5.41) is 0. The zero-order valence-corrected chi connectivity index (χ0v) is 15.2. The molecule has 142 valence electrons. The van der Waals surface area contributed by atoms with Crippen molar-refractivity contribution in [2.45, 2.75) is 44.6 Å². The Morgan fingerprint density at radius 1 is 1.38 bits per heavy atom. The van der Waals surface area contributed by atoms with Crippen LogP contribution >= 0.6 is 0 Å². The summed E-state index contributed by atoms with van der Waals surface area (Å²) in [5.41, 5.74) is -1.60. The van der Waals surface area contributed by atoms with E-state index in [4.69, 9.17) is 9.47 Å². The first kappa shape index (κ1) is 18.6. The highest BCUT2D eigenvalue weighted by Gasteiger charge is 2.59. The molecule has 1 saturated heterocycles. The molecule has 0 N–H and O–H groups in total. The lowest BCUT2D eigenvalue weighted by Crippen LogP contribution is -2.65. The zero-order valence-electron chi connectivity index (χ0n) is 15.2. The van der Waals surface area contributed by atoms with E-state index in [9.17, 15) is 18.4 Å². The van der Waals surface area contributed by atoms with E-state index >= 15 is 0 Å². The number of methoxy groups -OCH3 is 1. The summed E-state index contributed by atoms with van der Waals surface area (Å²) in [5.74, 6) is -2.73. The summed E-state index contributed by atoms with van der Waals surface area (Å²) in [6, 6.07) is 1.23. The summed E-state index contributed by atoms with van der Waals surface area (Å²) < 4.78 is 39.5. The average molecular weight is 367 g/mol. The minimum Gasteiger partial charge on any atom is -0.488 e. The highest BCUT2D eigenvalue weighted by Crippen LogP contribution is 2.49. The number of nitrogens with zero attached hydrogens (tertiary/aromatic N) is 1. The van der Waals surface area contributed by atoms with Gasteiger partial charge in [0.25, 0.3) is 0 Å². The van der Waals surface area contributed by atoms with Gasteiger partial charge in [-0.25, -0.2) is 8.78 Å². The van der Waals surface area contributed by atoms with Gasteiger partial charge >= 0.3 is 5.97 Å². The van der Waals surface area contributed by atoms with Crippen molar-refractivity contribution < 1.29 is 27.8 Å². The summed E-state index contributed by atoms with van der Waals surface area (Å²) in [6.07, 6.45) is 1.40. The van der Waals surface area contributed by atoms with Crippen LogP contribution in [-0.4, -0.2) is 43.1 Å². The number of ether oxygens (including phenoxy) is 2. The molecule has 3 unspecified atom stereocenters. The molecule has 3 rings (SSSR count). The van der Waals surface area contributed by atoms with E-state index in [0.29, 0.717) is 19.4 Å². The van der Waals surface area contributed by atoms with Gasteiger partial charge in [-0.1, -0.05) is 13.8 Å². The Bertz CT molecular complexity index is 738. The van der Waals surface area contributed by atoms with Crippen LogP contribution in [0.2, 0.25) is 0 Å². The highest BCUT2D eigenvalue weighted by molar-refractivity contribution is 5.88. The fraction of sp³-hybridized carbons (Fsp3) is 0.579. The van der Waals surface area contributed by atoms with Crippen molar-refractivity contribution in [2.75, 3.05) is 20.3 Å². The lowest BCUT2D eigenvalue weighted by atomic mass is 9.66. The smallest absolute Gasteiger partial charge is 0.318 e. The van der Waals surface area contributed by atoms with E-state index in [-0.39, 0.29) is 36.2 Å². The molecule has 1 amide bonds. The van der Waals surface area contributed by atoms with Crippen molar-refractivity contribution in [1.82, 2.24) is 4.90 Å². The number of rotatable bonds is 3. The van der Waals surface area contributed by atoms with Gasteiger partial charge in [0.15, 0.2) is 11.6 Å². The second-order valence-electron chi connectivity index (χ2n) is 6.97. The number of esters is 1. The zero-order chi connectivity index (χ0) is 19.1. The minimum atomic E-state index is -1.46. The topological polar surface area (TPSA) is 55.8 Å². The molecule has 2 heterocycles. The first-order chi connectivity index (χ1) is 12.4. The largest absolute Gasteiger partial charge is 0.488 e. The van der Waals surface area contributed by atoms with Gasteiger partial charge in [0.2, 0.25) is 5.91 Å². The monoisotopic (exact) mass is 367 g/mol. The number of hydrogen-bond acceptors (Lipinski definition) is 4. The van der Waals surface area contributed by atoms with Crippen molar-refractivity contribution in [3.63, 3.8) is 0 Å². The molecular weight excluding hydrogens is 344 g/mol. The van der Waals surface area contributed by atoms with Crippen LogP contribution in [0.25, 0.3) is 0 Å². The first-order valence-electron chi connectivity index (χ1n) is 8.88. The number of amides is 1. The lowest BCUT2D eigenvalue weighted by Gasteiger charge is -2.51. The molecule has 2 aliphatic rings. The standard InChI is InChI=1S/C19H23F2NO4/c1-4-11(2)17(23)22-9-5-8-19(18(24)25-3)14(22)10-26-16-13(21)7-6-12(20)15(16)19/h6-7,11,14H,4-5,8-10H2,1-3H3. The molecule has 3 atom stereocenters. The van der Waals surface area contributed by atoms with E-state index in [1.807, 2.05) is 13.8 Å². The van der Waals surface area contributed by atoms with Crippen molar-refractivity contribution in [3.8, 4) is 5.75 Å². The van der Waals surface area contributed by atoms with Crippen molar-refractivity contribution in [3.05, 3.63) is 29.3 Å². The maximum atomic E-state index is 14.8. The van der Waals surface area contributed by atoms with Gasteiger partial charge in [-0.2, -0.15) is 0 Å². The molecule has 0 aliphatic carbocycles. The molecule has 1 fully saturated rings. The fourth-order valence-corrected chi connectivity index (χ4v) is 4.14. The minimum absolute atomic E-state index is 0.0787. The number of piperidine rings is 1. The summed E-state index contributed by atoms with van der Waals surface area (Å²) in [6.45, 7) is 4.09. The number of benzene rings is 1. The molecule has 0 bridgehead atoms. The first-order valence-corrected chi connectivity index (χ1v) is 8.88. The third-order valence-corrected chi connectivity index (χ3v) is 5.67. The third-order valence-electron chi connectivity index (χ3n) is 5.67. The Balaban J connectivity index is 2.18. The SMILES string of the molecule is CCC(C)C(=O)N1CCCC2(C(=O)OC)c3c(F)ccc(F)c3OCC12. The molecule has 0 aromatic heterocycles. The molecule has 0 saturated carbocycles. The second kappa shape index (κ2) is 6.85. The van der Waals surface area contributed by atoms with Gasteiger partial charge in [0.05, 0.1) is 18.7 Å². The Labute approximate surface area is 151 Å². The average Bonchev–Trinajstić information content (AvgIpc) is 2.67. The number of likely N-dealkylation sites (tertiary alicyclic amines) is 1. The molecule has 5 nitrogen and oxygen atoms in total. The van der Waals surface area contributed by atoms with Crippen LogP contribution in [0.15, 0.2) is 12.1 Å². The molecule has 0 spiro atoms.